The van der Waals surface area contributed by atoms with Crippen LogP contribution in [-0.4, -0.2) is 19.6 Å². The second-order valence-corrected chi connectivity index (χ2v) is 11.1. The van der Waals surface area contributed by atoms with E-state index in [-0.39, 0.29) is 5.60 Å². The van der Waals surface area contributed by atoms with Crippen molar-refractivity contribution in [3.05, 3.63) is 22.3 Å². The SMILES string of the molecule is C[I-]C(C)CCCC(C)C1(C)CCc2c(C)c(O)c(C)c(C)c2O1. The minimum absolute atomic E-state index is 0.0852. The number of hydrogen-bond donors (Lipinski definition) is 1. The topological polar surface area (TPSA) is 29.5 Å². The monoisotopic (exact) mass is 445 g/mol. The summed E-state index contributed by atoms with van der Waals surface area (Å²) < 4.78 is 7.55. The van der Waals surface area contributed by atoms with Crippen molar-refractivity contribution in [2.45, 2.75) is 83.2 Å². The second-order valence-electron chi connectivity index (χ2n) is 7.78. The predicted molar refractivity (Wildman–Crippen MR) is 98.1 cm³/mol. The summed E-state index contributed by atoms with van der Waals surface area (Å²) in [4.78, 5) is 2.39. The molecule has 0 radical (unpaired) electrons. The molecular formula is C21H34IO2-. The second kappa shape index (κ2) is 7.84. The van der Waals surface area contributed by atoms with Gasteiger partial charge in [0, 0.05) is 0 Å². The van der Waals surface area contributed by atoms with Crippen molar-refractivity contribution < 1.29 is 31.0 Å². The molecule has 138 valence electrons. The van der Waals surface area contributed by atoms with Crippen molar-refractivity contribution in [1.29, 1.82) is 0 Å². The first kappa shape index (κ1) is 19.9. The van der Waals surface area contributed by atoms with Gasteiger partial charge < -0.3 is 0 Å². The molecule has 0 spiro atoms. The predicted octanol–water partition coefficient (Wildman–Crippen LogP) is 2.31. The number of phenols is 1. The molecule has 0 fully saturated rings. The maximum absolute atomic E-state index is 10.3. The molecule has 1 aromatic rings. The van der Waals surface area contributed by atoms with Crippen LogP contribution in [0.3, 0.4) is 0 Å². The molecule has 0 saturated carbocycles. The van der Waals surface area contributed by atoms with Gasteiger partial charge in [-0.1, -0.05) is 0 Å². The molecule has 3 unspecified atom stereocenters. The Hall–Kier alpha value is -0.450. The van der Waals surface area contributed by atoms with Crippen LogP contribution in [-0.2, 0) is 6.42 Å². The average molecular weight is 445 g/mol. The molecular weight excluding hydrogens is 411 g/mol. The van der Waals surface area contributed by atoms with Gasteiger partial charge in [-0.25, -0.2) is 0 Å². The zero-order valence-electron chi connectivity index (χ0n) is 16.4. The first-order chi connectivity index (χ1) is 11.2. The normalized spacial score (nSPS) is 22.8. The molecule has 0 aliphatic carbocycles. The fourth-order valence-corrected chi connectivity index (χ4v) is 4.80. The van der Waals surface area contributed by atoms with Crippen molar-refractivity contribution in [2.24, 2.45) is 5.92 Å². The van der Waals surface area contributed by atoms with Crippen LogP contribution in [0.5, 0.6) is 11.5 Å². The maximum atomic E-state index is 10.3. The summed E-state index contributed by atoms with van der Waals surface area (Å²) in [6.45, 7) is 13.1. The van der Waals surface area contributed by atoms with E-state index in [2.05, 4.69) is 32.6 Å². The van der Waals surface area contributed by atoms with Crippen LogP contribution in [0.2, 0.25) is 0 Å². The molecule has 3 heteroatoms. The number of phenolic OH excluding ortho intramolecular Hbond substituents is 1. The van der Waals surface area contributed by atoms with Gasteiger partial charge in [0.25, 0.3) is 0 Å². The number of fused-ring (bicyclic) bond motifs is 1. The van der Waals surface area contributed by atoms with Gasteiger partial charge >= 0.3 is 159 Å². The molecule has 0 bridgehead atoms. The average Bonchev–Trinajstić information content (AvgIpc) is 2.57. The Morgan fingerprint density at radius 2 is 1.79 bits per heavy atom. The zero-order chi connectivity index (χ0) is 18.1. The minimum atomic E-state index is -0.0852. The van der Waals surface area contributed by atoms with Gasteiger partial charge in [0.1, 0.15) is 0 Å². The van der Waals surface area contributed by atoms with Crippen LogP contribution in [0.1, 0.15) is 68.7 Å². The van der Waals surface area contributed by atoms with E-state index in [1.807, 2.05) is 13.8 Å². The molecule has 0 amide bonds. The van der Waals surface area contributed by atoms with Crippen LogP contribution in [0, 0.1) is 26.7 Å². The molecule has 1 aliphatic rings. The van der Waals surface area contributed by atoms with Gasteiger partial charge in [0.2, 0.25) is 0 Å². The first-order valence-corrected chi connectivity index (χ1v) is 12.6. The van der Waals surface area contributed by atoms with Crippen LogP contribution < -0.4 is 25.9 Å². The van der Waals surface area contributed by atoms with Gasteiger partial charge in [0.05, 0.1) is 0 Å². The number of alkyl halides is 2. The van der Waals surface area contributed by atoms with E-state index in [4.69, 9.17) is 4.74 Å². The van der Waals surface area contributed by atoms with Crippen LogP contribution in [0.15, 0.2) is 0 Å². The Morgan fingerprint density at radius 3 is 2.42 bits per heavy atom. The summed E-state index contributed by atoms with van der Waals surface area (Å²) in [6, 6.07) is 0. The number of hydrogen-bond acceptors (Lipinski definition) is 2. The van der Waals surface area contributed by atoms with E-state index in [9.17, 15) is 5.11 Å². The van der Waals surface area contributed by atoms with Crippen molar-refractivity contribution in [1.82, 2.24) is 0 Å². The van der Waals surface area contributed by atoms with Gasteiger partial charge in [-0.3, -0.25) is 0 Å². The van der Waals surface area contributed by atoms with Gasteiger partial charge in [0.15, 0.2) is 0 Å². The molecule has 1 aromatic carbocycles. The summed E-state index contributed by atoms with van der Waals surface area (Å²) in [5.41, 5.74) is 4.20. The van der Waals surface area contributed by atoms with Crippen LogP contribution in [0.25, 0.3) is 0 Å². The van der Waals surface area contributed by atoms with Crippen molar-refractivity contribution in [2.75, 3.05) is 4.93 Å². The number of benzene rings is 1. The number of ether oxygens (including phenoxy) is 1. The van der Waals surface area contributed by atoms with Crippen LogP contribution >= 0.6 is 0 Å². The van der Waals surface area contributed by atoms with E-state index in [0.29, 0.717) is 32.9 Å². The summed E-state index contributed by atoms with van der Waals surface area (Å²) in [6.07, 6.45) is 5.98. The fourth-order valence-electron chi connectivity index (χ4n) is 3.73. The van der Waals surface area contributed by atoms with E-state index in [0.717, 1.165) is 39.2 Å². The van der Waals surface area contributed by atoms with E-state index in [1.54, 1.807) is 0 Å². The Balaban J connectivity index is 2.16. The summed E-state index contributed by atoms with van der Waals surface area (Å²) >= 11 is 0.379. The fraction of sp³-hybridized carbons (Fsp3) is 0.714. The summed E-state index contributed by atoms with van der Waals surface area (Å²) in [5, 5.41) is 10.3. The van der Waals surface area contributed by atoms with Gasteiger partial charge in [-0.2, -0.15) is 0 Å². The standard InChI is InChI=1S/C21H34IO2/c1-13(9-8-10-14(2)22-7)21(6)12-11-18-17(5)19(23)15(3)16(4)20(18)24-21/h13-14,23H,8-12H2,1-7H3/q-1. The Labute approximate surface area is 158 Å². The van der Waals surface area contributed by atoms with E-state index in [1.165, 1.54) is 24.8 Å². The molecule has 2 rings (SSSR count). The third-order valence-corrected chi connectivity index (χ3v) is 8.95. The van der Waals surface area contributed by atoms with Gasteiger partial charge in [-0.15, -0.1) is 0 Å². The molecule has 1 N–H and O–H groups in total. The molecule has 1 aliphatic heterocycles. The molecule has 0 saturated heterocycles. The third-order valence-electron chi connectivity index (χ3n) is 6.20. The van der Waals surface area contributed by atoms with Crippen LogP contribution in [0.4, 0.5) is 0 Å². The number of halogens is 1. The molecule has 0 aromatic heterocycles. The van der Waals surface area contributed by atoms with E-state index >= 15 is 0 Å². The molecule has 24 heavy (non-hydrogen) atoms. The van der Waals surface area contributed by atoms with Crippen molar-refractivity contribution in [3.8, 4) is 11.5 Å². The van der Waals surface area contributed by atoms with Crippen molar-refractivity contribution in [3.63, 3.8) is 0 Å². The molecule has 1 heterocycles. The first-order valence-electron chi connectivity index (χ1n) is 9.20. The summed E-state index contributed by atoms with van der Waals surface area (Å²) in [7, 11) is 0. The molecule has 2 nitrogen and oxygen atoms in total. The number of rotatable bonds is 6. The number of aromatic hydroxyl groups is 1. The summed E-state index contributed by atoms with van der Waals surface area (Å²) in [5.74, 6) is 2.04. The van der Waals surface area contributed by atoms with E-state index < -0.39 is 0 Å². The third kappa shape index (κ3) is 3.86. The molecule has 3 atom stereocenters. The zero-order valence-corrected chi connectivity index (χ0v) is 18.6. The van der Waals surface area contributed by atoms with Gasteiger partial charge in [-0.05, 0) is 0 Å². The Kier molecular flexibility index (Phi) is 6.49. The van der Waals surface area contributed by atoms with Crippen molar-refractivity contribution >= 4 is 0 Å². The Bertz CT molecular complexity index is 596. The Morgan fingerprint density at radius 1 is 1.12 bits per heavy atom. The quantitative estimate of drug-likeness (QED) is 0.538.